The van der Waals surface area contributed by atoms with Crippen molar-refractivity contribution in [3.8, 4) is 10.6 Å². The molecule has 3 heterocycles. The van der Waals surface area contributed by atoms with Gasteiger partial charge in [0.15, 0.2) is 0 Å². The van der Waals surface area contributed by atoms with Crippen LogP contribution < -0.4 is 0 Å². The first kappa shape index (κ1) is 24.4. The van der Waals surface area contributed by atoms with Crippen molar-refractivity contribution in [1.29, 1.82) is 0 Å². The number of aryl methyl sites for hydroxylation is 1. The fourth-order valence-electron chi connectivity index (χ4n) is 3.98. The van der Waals surface area contributed by atoms with Gasteiger partial charge < -0.3 is 4.74 Å². The van der Waals surface area contributed by atoms with Crippen molar-refractivity contribution < 1.29 is 22.7 Å². The highest BCUT2D eigenvalue weighted by Gasteiger charge is 2.35. The molecule has 0 radical (unpaired) electrons. The fourth-order valence-corrected chi connectivity index (χ4v) is 4.99. The van der Waals surface area contributed by atoms with Crippen molar-refractivity contribution in [2.24, 2.45) is 7.05 Å². The number of carbonyl (C=O) groups excluding carboxylic acids is 1. The molecule has 0 aliphatic carbocycles. The van der Waals surface area contributed by atoms with Gasteiger partial charge in [-0.1, -0.05) is 30.3 Å². The van der Waals surface area contributed by atoms with Crippen LogP contribution in [0.15, 0.2) is 48.5 Å². The Morgan fingerprint density at radius 1 is 1.06 bits per heavy atom. The minimum absolute atomic E-state index is 0.228. The third kappa shape index (κ3) is 6.46. The lowest BCUT2D eigenvalue weighted by Gasteiger charge is -2.20. The molecule has 182 valence electrons. The lowest BCUT2D eigenvalue weighted by Crippen LogP contribution is -2.34. The molecule has 1 fully saturated rings. The number of alkyl halides is 3. The summed E-state index contributed by atoms with van der Waals surface area (Å²) in [4.78, 5) is 18.5. The SMILES string of the molecule is Cn1nc(-c2ccc(CN3CCCN(CC(=O)OCc4ccccc4)CC3)s2)cc1C(F)(F)F. The minimum Gasteiger partial charge on any atom is -0.460 e. The fraction of sp³-hybridized carbons (Fsp3) is 0.417. The van der Waals surface area contributed by atoms with Gasteiger partial charge in [-0.05, 0) is 36.7 Å². The van der Waals surface area contributed by atoms with Gasteiger partial charge >= 0.3 is 12.1 Å². The molecule has 1 aliphatic rings. The van der Waals surface area contributed by atoms with E-state index in [1.807, 2.05) is 42.5 Å². The largest absolute Gasteiger partial charge is 0.460 e. The molecule has 10 heteroatoms. The number of thiophene rings is 1. The van der Waals surface area contributed by atoms with E-state index in [-0.39, 0.29) is 19.1 Å². The second kappa shape index (κ2) is 10.7. The highest BCUT2D eigenvalue weighted by Crippen LogP contribution is 2.34. The van der Waals surface area contributed by atoms with E-state index in [9.17, 15) is 18.0 Å². The first-order valence-corrected chi connectivity index (χ1v) is 11.9. The maximum atomic E-state index is 13.1. The number of ether oxygens (including phenoxy) is 1. The lowest BCUT2D eigenvalue weighted by atomic mass is 10.2. The first-order chi connectivity index (χ1) is 16.3. The van der Waals surface area contributed by atoms with E-state index < -0.39 is 11.9 Å². The molecule has 34 heavy (non-hydrogen) atoms. The predicted molar refractivity (Wildman–Crippen MR) is 124 cm³/mol. The minimum atomic E-state index is -4.42. The van der Waals surface area contributed by atoms with Crippen LogP contribution in [0.3, 0.4) is 0 Å². The third-order valence-corrected chi connectivity index (χ3v) is 6.83. The summed E-state index contributed by atoms with van der Waals surface area (Å²) in [6.07, 6.45) is -3.49. The quantitative estimate of drug-likeness (QED) is 0.457. The average Bonchev–Trinajstić information content (AvgIpc) is 3.36. The Hall–Kier alpha value is -2.69. The summed E-state index contributed by atoms with van der Waals surface area (Å²) in [5, 5.41) is 4.04. The second-order valence-corrected chi connectivity index (χ2v) is 9.52. The normalized spacial score (nSPS) is 15.9. The summed E-state index contributed by atoms with van der Waals surface area (Å²) >= 11 is 1.46. The molecule has 2 aromatic heterocycles. The van der Waals surface area contributed by atoms with E-state index >= 15 is 0 Å². The Balaban J connectivity index is 1.27. The molecular formula is C24H27F3N4O2S. The molecule has 0 saturated carbocycles. The Bertz CT molecular complexity index is 1100. The zero-order chi connectivity index (χ0) is 24.1. The molecule has 1 saturated heterocycles. The molecule has 6 nitrogen and oxygen atoms in total. The Morgan fingerprint density at radius 3 is 2.53 bits per heavy atom. The van der Waals surface area contributed by atoms with E-state index in [0.29, 0.717) is 5.69 Å². The van der Waals surface area contributed by atoms with Gasteiger partial charge in [-0.25, -0.2) is 0 Å². The van der Waals surface area contributed by atoms with Crippen LogP contribution in [0.25, 0.3) is 10.6 Å². The summed E-state index contributed by atoms with van der Waals surface area (Å²) in [6.45, 7) is 4.54. The number of nitrogens with zero attached hydrogens (tertiary/aromatic N) is 4. The predicted octanol–water partition coefficient (Wildman–Crippen LogP) is 4.42. The summed E-state index contributed by atoms with van der Waals surface area (Å²) in [5.41, 5.74) is 0.544. The van der Waals surface area contributed by atoms with Crippen molar-refractivity contribution in [1.82, 2.24) is 19.6 Å². The van der Waals surface area contributed by atoms with Crippen LogP contribution in [0.4, 0.5) is 13.2 Å². The van der Waals surface area contributed by atoms with E-state index in [2.05, 4.69) is 14.9 Å². The summed E-state index contributed by atoms with van der Waals surface area (Å²) in [5.74, 6) is -0.228. The highest BCUT2D eigenvalue weighted by atomic mass is 32.1. The molecule has 0 bridgehead atoms. The summed E-state index contributed by atoms with van der Waals surface area (Å²) in [7, 11) is 1.31. The Kier molecular flexibility index (Phi) is 7.70. The van der Waals surface area contributed by atoms with Gasteiger partial charge in [0.25, 0.3) is 0 Å². The van der Waals surface area contributed by atoms with Crippen LogP contribution in [-0.4, -0.2) is 58.3 Å². The molecule has 0 amide bonds. The molecule has 1 aromatic carbocycles. The smallest absolute Gasteiger partial charge is 0.433 e. The second-order valence-electron chi connectivity index (χ2n) is 8.35. The lowest BCUT2D eigenvalue weighted by molar-refractivity contribution is -0.146. The number of hydrogen-bond acceptors (Lipinski definition) is 6. The standard InChI is InChI=1S/C24H27F3N4O2S/c1-29-22(24(25,26)27)14-20(28-29)21-9-8-19(34-21)15-30-10-5-11-31(13-12-30)16-23(32)33-17-18-6-3-2-4-7-18/h2-4,6-9,14H,5,10-13,15-17H2,1H3. The number of benzene rings is 1. The maximum absolute atomic E-state index is 13.1. The van der Waals surface area contributed by atoms with Crippen LogP contribution in [-0.2, 0) is 35.9 Å². The van der Waals surface area contributed by atoms with Crippen molar-refractivity contribution in [3.63, 3.8) is 0 Å². The molecule has 0 unspecified atom stereocenters. The van der Waals surface area contributed by atoms with E-state index in [0.717, 1.165) is 65.2 Å². The van der Waals surface area contributed by atoms with E-state index in [4.69, 9.17) is 4.74 Å². The van der Waals surface area contributed by atoms with Gasteiger partial charge in [0.05, 0.1) is 11.4 Å². The van der Waals surface area contributed by atoms with Crippen LogP contribution in [0.1, 0.15) is 22.6 Å². The van der Waals surface area contributed by atoms with E-state index in [1.165, 1.54) is 18.4 Å². The number of hydrogen-bond donors (Lipinski definition) is 0. The van der Waals surface area contributed by atoms with Gasteiger partial charge in [0, 0.05) is 38.1 Å². The number of esters is 1. The van der Waals surface area contributed by atoms with Gasteiger partial charge in [-0.15, -0.1) is 11.3 Å². The zero-order valence-corrected chi connectivity index (χ0v) is 19.7. The van der Waals surface area contributed by atoms with Gasteiger partial charge in [-0.2, -0.15) is 18.3 Å². The van der Waals surface area contributed by atoms with Crippen molar-refractivity contribution in [3.05, 3.63) is 64.7 Å². The number of aromatic nitrogens is 2. The zero-order valence-electron chi connectivity index (χ0n) is 18.9. The Labute approximate surface area is 200 Å². The number of halogens is 3. The summed E-state index contributed by atoms with van der Waals surface area (Å²) < 4.78 is 45.5. The average molecular weight is 493 g/mol. The van der Waals surface area contributed by atoms with Crippen LogP contribution >= 0.6 is 11.3 Å². The third-order valence-electron chi connectivity index (χ3n) is 5.74. The van der Waals surface area contributed by atoms with Crippen molar-refractivity contribution in [2.75, 3.05) is 32.7 Å². The molecule has 1 aliphatic heterocycles. The molecular weight excluding hydrogens is 465 g/mol. The van der Waals surface area contributed by atoms with E-state index in [1.54, 1.807) is 0 Å². The maximum Gasteiger partial charge on any atom is 0.433 e. The summed E-state index contributed by atoms with van der Waals surface area (Å²) in [6, 6.07) is 14.5. The number of carbonyl (C=O) groups is 1. The Morgan fingerprint density at radius 2 is 1.79 bits per heavy atom. The monoisotopic (exact) mass is 492 g/mol. The van der Waals surface area contributed by atoms with Crippen molar-refractivity contribution in [2.45, 2.75) is 25.7 Å². The van der Waals surface area contributed by atoms with Gasteiger partial charge in [0.1, 0.15) is 18.0 Å². The molecule has 0 N–H and O–H groups in total. The topological polar surface area (TPSA) is 50.6 Å². The first-order valence-electron chi connectivity index (χ1n) is 11.1. The number of rotatable bonds is 7. The molecule has 0 atom stereocenters. The van der Waals surface area contributed by atoms with Gasteiger partial charge in [0.2, 0.25) is 0 Å². The molecule has 4 rings (SSSR count). The van der Waals surface area contributed by atoms with Crippen LogP contribution in [0.2, 0.25) is 0 Å². The molecule has 0 spiro atoms. The van der Waals surface area contributed by atoms with Crippen molar-refractivity contribution >= 4 is 17.3 Å². The molecule has 3 aromatic rings. The van der Waals surface area contributed by atoms with Crippen LogP contribution in [0.5, 0.6) is 0 Å². The van der Waals surface area contributed by atoms with Crippen LogP contribution in [0, 0.1) is 0 Å². The van der Waals surface area contributed by atoms with Gasteiger partial charge in [-0.3, -0.25) is 19.3 Å². The highest BCUT2D eigenvalue weighted by molar-refractivity contribution is 7.15.